The molecule has 0 unspecified atom stereocenters. The van der Waals surface area contributed by atoms with Gasteiger partial charge >= 0.3 is 5.97 Å². The number of rotatable bonds is 9. The Balaban J connectivity index is 2.44. The maximum atomic E-state index is 12.3. The summed E-state index contributed by atoms with van der Waals surface area (Å²) in [4.78, 5) is 34.6. The minimum absolute atomic E-state index is 0.108. The van der Waals surface area contributed by atoms with Crippen molar-refractivity contribution < 1.29 is 14.7 Å². The zero-order valence-electron chi connectivity index (χ0n) is 14.1. The minimum atomic E-state index is -0.793. The number of unbranched alkanes of at least 4 members (excludes halogenated alkanes) is 2. The Morgan fingerprint density at radius 3 is 2.57 bits per heavy atom. The summed E-state index contributed by atoms with van der Waals surface area (Å²) in [6, 6.07) is 3.40. The van der Waals surface area contributed by atoms with Crippen molar-refractivity contribution in [3.8, 4) is 0 Å². The molecule has 0 aliphatic carbocycles. The van der Waals surface area contributed by atoms with E-state index in [1.807, 2.05) is 13.0 Å². The molecule has 128 valence electrons. The third-order valence-electron chi connectivity index (χ3n) is 3.68. The molecule has 0 bridgehead atoms. The molecule has 1 heterocycles. The van der Waals surface area contributed by atoms with E-state index in [0.29, 0.717) is 19.5 Å². The van der Waals surface area contributed by atoms with E-state index in [2.05, 4.69) is 5.32 Å². The fourth-order valence-corrected chi connectivity index (χ4v) is 2.25. The van der Waals surface area contributed by atoms with E-state index in [-0.39, 0.29) is 17.9 Å². The van der Waals surface area contributed by atoms with Crippen molar-refractivity contribution in [2.75, 3.05) is 6.54 Å². The van der Waals surface area contributed by atoms with Crippen LogP contribution in [-0.4, -0.2) is 28.1 Å². The van der Waals surface area contributed by atoms with E-state index >= 15 is 0 Å². The van der Waals surface area contributed by atoms with Crippen molar-refractivity contribution in [2.45, 2.75) is 53.0 Å². The third-order valence-corrected chi connectivity index (χ3v) is 3.68. The van der Waals surface area contributed by atoms with Crippen molar-refractivity contribution in [3.63, 3.8) is 0 Å². The number of carbonyl (C=O) groups excluding carboxylic acids is 1. The molecule has 0 atom stereocenters. The van der Waals surface area contributed by atoms with Crippen LogP contribution in [-0.2, 0) is 16.1 Å². The van der Waals surface area contributed by atoms with Gasteiger partial charge in [0.15, 0.2) is 0 Å². The van der Waals surface area contributed by atoms with Gasteiger partial charge in [-0.3, -0.25) is 14.4 Å². The topological polar surface area (TPSA) is 88.4 Å². The Morgan fingerprint density at radius 2 is 1.96 bits per heavy atom. The van der Waals surface area contributed by atoms with Crippen LogP contribution >= 0.6 is 0 Å². The van der Waals surface area contributed by atoms with E-state index < -0.39 is 11.4 Å². The molecule has 0 spiro atoms. The second-order valence-electron chi connectivity index (χ2n) is 6.51. The van der Waals surface area contributed by atoms with Crippen LogP contribution < -0.4 is 10.9 Å². The summed E-state index contributed by atoms with van der Waals surface area (Å²) < 4.78 is 1.54. The van der Waals surface area contributed by atoms with Gasteiger partial charge in [-0.25, -0.2) is 0 Å². The van der Waals surface area contributed by atoms with Gasteiger partial charge in [0.25, 0.3) is 5.56 Å². The fourth-order valence-electron chi connectivity index (χ4n) is 2.25. The predicted octanol–water partition coefficient (Wildman–Crippen LogP) is 1.94. The number of carboxylic acid groups (broad SMARTS) is 1. The molecule has 0 saturated heterocycles. The van der Waals surface area contributed by atoms with Gasteiger partial charge in [-0.2, -0.15) is 0 Å². The van der Waals surface area contributed by atoms with Crippen LogP contribution in [0.3, 0.4) is 0 Å². The summed E-state index contributed by atoms with van der Waals surface area (Å²) in [5, 5.41) is 11.4. The molecule has 0 radical (unpaired) electrons. The summed E-state index contributed by atoms with van der Waals surface area (Å²) in [6.07, 6.45) is 4.01. The maximum Gasteiger partial charge on any atom is 0.303 e. The zero-order valence-corrected chi connectivity index (χ0v) is 14.1. The molecule has 0 saturated carbocycles. The van der Waals surface area contributed by atoms with Gasteiger partial charge in [-0.15, -0.1) is 0 Å². The zero-order chi connectivity index (χ0) is 17.5. The normalized spacial score (nSPS) is 11.3. The summed E-state index contributed by atoms with van der Waals surface area (Å²) >= 11 is 0. The smallest absolute Gasteiger partial charge is 0.303 e. The van der Waals surface area contributed by atoms with E-state index in [0.717, 1.165) is 18.4 Å². The van der Waals surface area contributed by atoms with E-state index in [9.17, 15) is 14.4 Å². The molecule has 0 aliphatic heterocycles. The molecule has 23 heavy (non-hydrogen) atoms. The maximum absolute atomic E-state index is 12.3. The molecular weight excluding hydrogens is 296 g/mol. The Hall–Kier alpha value is -2.11. The molecule has 0 aromatic carbocycles. The average Bonchev–Trinajstić information content (AvgIpc) is 2.45. The van der Waals surface area contributed by atoms with Crippen LogP contribution in [0.5, 0.6) is 0 Å². The standard InChI is InChI=1S/C17H26N2O4/c1-13-8-10-19(14(20)11-13)12-17(2,3)16(23)18-9-6-4-5-7-15(21)22/h8,10-11H,4-7,9,12H2,1-3H3,(H,18,23)(H,21,22). The highest BCUT2D eigenvalue weighted by Crippen LogP contribution is 2.17. The van der Waals surface area contributed by atoms with Gasteiger partial charge in [-0.05, 0) is 45.2 Å². The SMILES string of the molecule is Cc1ccn(CC(C)(C)C(=O)NCCCCCC(=O)O)c(=O)c1. The Labute approximate surface area is 136 Å². The van der Waals surface area contributed by atoms with Gasteiger partial charge in [0.2, 0.25) is 5.91 Å². The molecule has 2 N–H and O–H groups in total. The summed E-state index contributed by atoms with van der Waals surface area (Å²) in [7, 11) is 0. The Morgan fingerprint density at radius 1 is 1.26 bits per heavy atom. The molecule has 1 rings (SSSR count). The molecule has 1 aromatic rings. The van der Waals surface area contributed by atoms with E-state index in [1.165, 1.54) is 0 Å². The first-order chi connectivity index (χ1) is 10.7. The number of hydrogen-bond acceptors (Lipinski definition) is 3. The molecule has 6 heteroatoms. The number of amides is 1. The second-order valence-corrected chi connectivity index (χ2v) is 6.51. The highest BCUT2D eigenvalue weighted by Gasteiger charge is 2.28. The number of hydrogen-bond donors (Lipinski definition) is 2. The predicted molar refractivity (Wildman–Crippen MR) is 88.3 cm³/mol. The lowest BCUT2D eigenvalue weighted by Gasteiger charge is -2.24. The van der Waals surface area contributed by atoms with Crippen molar-refractivity contribution in [1.29, 1.82) is 0 Å². The van der Waals surface area contributed by atoms with Gasteiger partial charge in [0.05, 0.1) is 5.41 Å². The summed E-state index contributed by atoms with van der Waals surface area (Å²) in [5.41, 5.74) is 0.0922. The van der Waals surface area contributed by atoms with Crippen LogP contribution in [0, 0.1) is 12.3 Å². The first-order valence-corrected chi connectivity index (χ1v) is 7.89. The lowest BCUT2D eigenvalue weighted by molar-refractivity contribution is -0.137. The van der Waals surface area contributed by atoms with Crippen LogP contribution in [0.4, 0.5) is 0 Å². The number of aromatic nitrogens is 1. The van der Waals surface area contributed by atoms with Crippen molar-refractivity contribution in [3.05, 3.63) is 34.2 Å². The monoisotopic (exact) mass is 322 g/mol. The minimum Gasteiger partial charge on any atom is -0.481 e. The van der Waals surface area contributed by atoms with Gasteiger partial charge in [0.1, 0.15) is 0 Å². The van der Waals surface area contributed by atoms with Crippen LogP contribution in [0.2, 0.25) is 0 Å². The lowest BCUT2D eigenvalue weighted by Crippen LogP contribution is -2.41. The van der Waals surface area contributed by atoms with Crippen molar-refractivity contribution in [2.24, 2.45) is 5.41 Å². The van der Waals surface area contributed by atoms with Gasteiger partial charge in [-0.1, -0.05) is 6.42 Å². The largest absolute Gasteiger partial charge is 0.481 e. The summed E-state index contributed by atoms with van der Waals surface area (Å²) in [5.74, 6) is -0.901. The number of nitrogens with zero attached hydrogens (tertiary/aromatic N) is 1. The molecular formula is C17H26N2O4. The van der Waals surface area contributed by atoms with Crippen molar-refractivity contribution >= 4 is 11.9 Å². The lowest BCUT2D eigenvalue weighted by atomic mass is 9.92. The second kappa shape index (κ2) is 8.50. The molecule has 0 aliphatic rings. The molecule has 6 nitrogen and oxygen atoms in total. The number of aliphatic carboxylic acids is 1. The average molecular weight is 322 g/mol. The molecule has 1 aromatic heterocycles. The number of pyridine rings is 1. The van der Waals surface area contributed by atoms with Crippen LogP contribution in [0.1, 0.15) is 45.1 Å². The Kier molecular flexibility index (Phi) is 7.00. The van der Waals surface area contributed by atoms with E-state index in [1.54, 1.807) is 30.7 Å². The number of carbonyl (C=O) groups is 2. The summed E-state index contributed by atoms with van der Waals surface area (Å²) in [6.45, 7) is 6.30. The van der Waals surface area contributed by atoms with Crippen LogP contribution in [0.15, 0.2) is 23.1 Å². The highest BCUT2D eigenvalue weighted by molar-refractivity contribution is 5.81. The van der Waals surface area contributed by atoms with Gasteiger partial charge < -0.3 is 15.0 Å². The molecule has 0 fully saturated rings. The van der Waals surface area contributed by atoms with Gasteiger partial charge in [0, 0.05) is 31.8 Å². The first kappa shape index (κ1) is 18.9. The van der Waals surface area contributed by atoms with Crippen molar-refractivity contribution in [1.82, 2.24) is 9.88 Å². The van der Waals surface area contributed by atoms with Crippen LogP contribution in [0.25, 0.3) is 0 Å². The quantitative estimate of drug-likeness (QED) is 0.680. The number of aryl methyl sites for hydroxylation is 1. The third kappa shape index (κ3) is 6.67. The number of carboxylic acids is 1. The Bertz CT molecular complexity index is 605. The molecule has 1 amide bonds. The highest BCUT2D eigenvalue weighted by atomic mass is 16.4. The fraction of sp³-hybridized carbons (Fsp3) is 0.588. The number of nitrogens with one attached hydrogen (secondary N) is 1. The van der Waals surface area contributed by atoms with E-state index in [4.69, 9.17) is 5.11 Å². The first-order valence-electron chi connectivity index (χ1n) is 7.89.